The summed E-state index contributed by atoms with van der Waals surface area (Å²) in [6.07, 6.45) is 9.96. The molecule has 0 saturated carbocycles. The Hall–Kier alpha value is -1.75. The summed E-state index contributed by atoms with van der Waals surface area (Å²) >= 11 is 0. The third-order valence-corrected chi connectivity index (χ3v) is 6.86. The van der Waals surface area contributed by atoms with E-state index < -0.39 is 0 Å². The Bertz CT molecular complexity index is 709. The number of likely N-dealkylation sites (tertiary alicyclic amines) is 1. The van der Waals surface area contributed by atoms with Crippen LogP contribution in [0.3, 0.4) is 0 Å². The van der Waals surface area contributed by atoms with E-state index in [1.807, 2.05) is 12.4 Å². The quantitative estimate of drug-likeness (QED) is 0.710. The molecule has 2 aliphatic heterocycles. The second-order valence-corrected chi connectivity index (χ2v) is 8.74. The second kappa shape index (κ2) is 10.3. The fourth-order valence-corrected chi connectivity index (χ4v) is 5.15. The van der Waals surface area contributed by atoms with E-state index in [1.54, 1.807) is 0 Å². The van der Waals surface area contributed by atoms with E-state index in [0.717, 1.165) is 38.1 Å². The Morgan fingerprint density at radius 1 is 0.966 bits per heavy atom. The molecule has 0 spiro atoms. The van der Waals surface area contributed by atoms with Gasteiger partial charge in [0.2, 0.25) is 0 Å². The molecule has 0 bridgehead atoms. The van der Waals surface area contributed by atoms with Crippen LogP contribution in [0.2, 0.25) is 0 Å². The van der Waals surface area contributed by atoms with Crippen LogP contribution in [0.15, 0.2) is 54.9 Å². The van der Waals surface area contributed by atoms with Gasteiger partial charge in [-0.05, 0) is 81.4 Å². The van der Waals surface area contributed by atoms with Crippen LogP contribution in [-0.2, 0) is 17.7 Å². The van der Waals surface area contributed by atoms with Gasteiger partial charge in [-0.25, -0.2) is 0 Å². The molecule has 3 heterocycles. The summed E-state index contributed by atoms with van der Waals surface area (Å²) < 4.78 is 5.57. The summed E-state index contributed by atoms with van der Waals surface area (Å²) in [7, 11) is 2.30. The number of pyridine rings is 1. The van der Waals surface area contributed by atoms with Gasteiger partial charge in [0.1, 0.15) is 0 Å². The zero-order chi connectivity index (χ0) is 19.9. The zero-order valence-electron chi connectivity index (χ0n) is 17.7. The molecule has 29 heavy (non-hydrogen) atoms. The lowest BCUT2D eigenvalue weighted by molar-refractivity contribution is 0.0119. The summed E-state index contributed by atoms with van der Waals surface area (Å²) in [4.78, 5) is 9.49. The van der Waals surface area contributed by atoms with E-state index in [9.17, 15) is 0 Å². The molecule has 0 aliphatic carbocycles. The first-order valence-electron chi connectivity index (χ1n) is 11.2. The van der Waals surface area contributed by atoms with Crippen molar-refractivity contribution in [1.82, 2.24) is 14.8 Å². The van der Waals surface area contributed by atoms with Crippen molar-refractivity contribution in [2.24, 2.45) is 5.92 Å². The van der Waals surface area contributed by atoms with Gasteiger partial charge in [-0.2, -0.15) is 0 Å². The van der Waals surface area contributed by atoms with Crippen molar-refractivity contribution in [2.75, 3.05) is 33.4 Å². The predicted molar refractivity (Wildman–Crippen MR) is 118 cm³/mol. The summed E-state index contributed by atoms with van der Waals surface area (Å²) in [6, 6.07) is 16.6. The molecule has 2 aliphatic rings. The fourth-order valence-electron chi connectivity index (χ4n) is 5.15. The summed E-state index contributed by atoms with van der Waals surface area (Å²) in [5, 5.41) is 0. The highest BCUT2D eigenvalue weighted by Gasteiger charge is 2.32. The first-order valence-corrected chi connectivity index (χ1v) is 11.2. The van der Waals surface area contributed by atoms with Crippen LogP contribution in [0.4, 0.5) is 0 Å². The molecule has 1 unspecified atom stereocenters. The summed E-state index contributed by atoms with van der Waals surface area (Å²) in [5.41, 5.74) is 2.80. The third kappa shape index (κ3) is 5.65. The minimum atomic E-state index is 0.572. The van der Waals surface area contributed by atoms with Gasteiger partial charge in [-0.3, -0.25) is 9.88 Å². The number of aromatic nitrogens is 1. The number of likely N-dealkylation sites (N-methyl/N-ethyl adjacent to an activating group) is 1. The van der Waals surface area contributed by atoms with Gasteiger partial charge < -0.3 is 9.64 Å². The summed E-state index contributed by atoms with van der Waals surface area (Å²) in [6.45, 7) is 5.35. The highest BCUT2D eigenvalue weighted by molar-refractivity contribution is 5.17. The number of benzene rings is 1. The van der Waals surface area contributed by atoms with Crippen molar-refractivity contribution in [3.05, 3.63) is 66.0 Å². The molecular weight excluding hydrogens is 358 g/mol. The molecule has 0 N–H and O–H groups in total. The molecule has 1 atom stereocenters. The molecule has 4 heteroatoms. The van der Waals surface area contributed by atoms with Crippen LogP contribution >= 0.6 is 0 Å². The number of piperidine rings is 1. The van der Waals surface area contributed by atoms with Crippen LogP contribution in [0.1, 0.15) is 36.8 Å². The van der Waals surface area contributed by atoms with E-state index in [0.29, 0.717) is 6.04 Å². The Balaban J connectivity index is 1.42. The lowest BCUT2D eigenvalue weighted by Crippen LogP contribution is -2.48. The van der Waals surface area contributed by atoms with E-state index in [2.05, 4.69) is 64.3 Å². The Kier molecular flexibility index (Phi) is 7.31. The van der Waals surface area contributed by atoms with Gasteiger partial charge in [0.05, 0.1) is 0 Å². The van der Waals surface area contributed by atoms with Crippen molar-refractivity contribution in [3.8, 4) is 0 Å². The first kappa shape index (κ1) is 20.5. The van der Waals surface area contributed by atoms with Gasteiger partial charge in [0, 0.05) is 44.2 Å². The average molecular weight is 394 g/mol. The number of ether oxygens (including phenoxy) is 1. The van der Waals surface area contributed by atoms with Gasteiger partial charge in [-0.1, -0.05) is 30.3 Å². The molecular formula is C25H35N3O. The molecule has 4 nitrogen and oxygen atoms in total. The maximum atomic E-state index is 5.57. The molecule has 0 radical (unpaired) electrons. The minimum Gasteiger partial charge on any atom is -0.381 e. The van der Waals surface area contributed by atoms with Crippen molar-refractivity contribution < 1.29 is 4.74 Å². The molecule has 2 aromatic rings. The molecule has 4 rings (SSSR count). The maximum absolute atomic E-state index is 5.57. The van der Waals surface area contributed by atoms with Crippen molar-refractivity contribution in [3.63, 3.8) is 0 Å². The van der Waals surface area contributed by atoms with E-state index in [1.165, 1.54) is 49.9 Å². The monoisotopic (exact) mass is 393 g/mol. The Morgan fingerprint density at radius 3 is 2.34 bits per heavy atom. The molecule has 2 fully saturated rings. The Morgan fingerprint density at radius 2 is 1.66 bits per heavy atom. The number of nitrogens with zero attached hydrogens (tertiary/aromatic N) is 3. The van der Waals surface area contributed by atoms with E-state index in [4.69, 9.17) is 4.74 Å². The largest absolute Gasteiger partial charge is 0.381 e. The standard InChI is InChI=1S/C25H35N3O/c1-27(20-22-7-13-26-14-8-22)25(19-21-5-3-2-4-6-21)23-9-15-28(16-10-23)24-11-17-29-18-12-24/h2-8,13-14,23-25H,9-12,15-20H2,1H3. The number of rotatable bonds is 7. The van der Waals surface area contributed by atoms with Gasteiger partial charge >= 0.3 is 0 Å². The van der Waals surface area contributed by atoms with E-state index >= 15 is 0 Å². The highest BCUT2D eigenvalue weighted by Crippen LogP contribution is 2.29. The lowest BCUT2D eigenvalue weighted by Gasteiger charge is -2.43. The third-order valence-electron chi connectivity index (χ3n) is 6.86. The van der Waals surface area contributed by atoms with Gasteiger partial charge in [-0.15, -0.1) is 0 Å². The smallest absolute Gasteiger partial charge is 0.0480 e. The highest BCUT2D eigenvalue weighted by atomic mass is 16.5. The number of hydrogen-bond acceptors (Lipinski definition) is 4. The number of hydrogen-bond donors (Lipinski definition) is 0. The van der Waals surface area contributed by atoms with Crippen molar-refractivity contribution >= 4 is 0 Å². The fraction of sp³-hybridized carbons (Fsp3) is 0.560. The normalized spacial score (nSPS) is 20.8. The Labute approximate surface area is 175 Å². The van der Waals surface area contributed by atoms with Crippen LogP contribution in [-0.4, -0.2) is 60.2 Å². The molecule has 1 aromatic heterocycles. The summed E-state index contributed by atoms with van der Waals surface area (Å²) in [5.74, 6) is 0.748. The van der Waals surface area contributed by atoms with Crippen molar-refractivity contribution in [2.45, 2.75) is 50.7 Å². The molecule has 2 saturated heterocycles. The van der Waals surface area contributed by atoms with Crippen molar-refractivity contribution in [1.29, 1.82) is 0 Å². The van der Waals surface area contributed by atoms with Crippen LogP contribution in [0.5, 0.6) is 0 Å². The van der Waals surface area contributed by atoms with Gasteiger partial charge in [0.25, 0.3) is 0 Å². The zero-order valence-corrected chi connectivity index (χ0v) is 17.7. The average Bonchev–Trinajstić information content (AvgIpc) is 2.79. The topological polar surface area (TPSA) is 28.6 Å². The SMILES string of the molecule is CN(Cc1ccncc1)C(Cc1ccccc1)C1CCN(C2CCOCC2)CC1. The van der Waals surface area contributed by atoms with Crippen LogP contribution in [0.25, 0.3) is 0 Å². The van der Waals surface area contributed by atoms with Gasteiger partial charge in [0.15, 0.2) is 0 Å². The van der Waals surface area contributed by atoms with Crippen LogP contribution in [0, 0.1) is 5.92 Å². The van der Waals surface area contributed by atoms with E-state index in [-0.39, 0.29) is 0 Å². The molecule has 1 aromatic carbocycles. The lowest BCUT2D eigenvalue weighted by atomic mass is 9.84. The second-order valence-electron chi connectivity index (χ2n) is 8.74. The minimum absolute atomic E-state index is 0.572. The maximum Gasteiger partial charge on any atom is 0.0480 e. The first-order chi connectivity index (χ1) is 14.3. The van der Waals surface area contributed by atoms with Crippen LogP contribution < -0.4 is 0 Å². The molecule has 156 valence electrons. The molecule has 0 amide bonds. The predicted octanol–water partition coefficient (Wildman–Crippen LogP) is 4.02.